The van der Waals surface area contributed by atoms with Crippen LogP contribution >= 0.6 is 0 Å². The van der Waals surface area contributed by atoms with E-state index in [-0.39, 0.29) is 5.66 Å². The molecule has 5 heteroatoms. The Morgan fingerprint density at radius 1 is 1.00 bits per heavy atom. The van der Waals surface area contributed by atoms with Gasteiger partial charge in [0.2, 0.25) is 5.96 Å². The predicted octanol–water partition coefficient (Wildman–Crippen LogP) is 4.51. The quantitative estimate of drug-likeness (QED) is 0.595. The summed E-state index contributed by atoms with van der Waals surface area (Å²) in [6.07, 6.45) is 7.71. The van der Waals surface area contributed by atoms with Gasteiger partial charge in [0.1, 0.15) is 5.66 Å². The molecule has 0 spiro atoms. The molecule has 1 aliphatic heterocycles. The summed E-state index contributed by atoms with van der Waals surface area (Å²) < 4.78 is 0. The number of hydrogen-bond donors (Lipinski definition) is 2. The minimum absolute atomic E-state index is 0.356. The van der Waals surface area contributed by atoms with Crippen LogP contribution in [0.1, 0.15) is 71.8 Å². The van der Waals surface area contributed by atoms with Crippen molar-refractivity contribution in [2.24, 2.45) is 9.98 Å². The molecule has 5 nitrogen and oxygen atoms in total. The molecule has 2 rings (SSSR count). The van der Waals surface area contributed by atoms with Gasteiger partial charge in [-0.3, -0.25) is 10.3 Å². The zero-order valence-electron chi connectivity index (χ0n) is 17.6. The first-order valence-corrected chi connectivity index (χ1v) is 10.5. The van der Waals surface area contributed by atoms with Crippen LogP contribution in [0.3, 0.4) is 0 Å². The largest absolute Gasteiger partial charge is 0.339 e. The Bertz CT molecular complexity index is 606. The van der Waals surface area contributed by atoms with Crippen LogP contribution < -0.4 is 10.6 Å². The Kier molecular flexibility index (Phi) is 8.62. The number of hydrogen-bond acceptors (Lipinski definition) is 3. The molecular formula is C22H37N5. The second-order valence-corrected chi connectivity index (χ2v) is 7.74. The maximum absolute atomic E-state index is 4.85. The average Bonchev–Trinajstić information content (AvgIpc) is 2.65. The van der Waals surface area contributed by atoms with E-state index in [1.54, 1.807) is 0 Å². The Hall–Kier alpha value is -2.04. The van der Waals surface area contributed by atoms with Crippen molar-refractivity contribution < 1.29 is 0 Å². The van der Waals surface area contributed by atoms with E-state index in [2.05, 4.69) is 73.6 Å². The van der Waals surface area contributed by atoms with Gasteiger partial charge in [0, 0.05) is 19.6 Å². The fourth-order valence-corrected chi connectivity index (χ4v) is 3.20. The van der Waals surface area contributed by atoms with Crippen molar-refractivity contribution in [3.8, 4) is 0 Å². The van der Waals surface area contributed by atoms with E-state index in [1.165, 1.54) is 37.7 Å². The van der Waals surface area contributed by atoms with E-state index in [0.717, 1.165) is 38.0 Å². The van der Waals surface area contributed by atoms with Crippen molar-refractivity contribution >= 4 is 11.9 Å². The maximum atomic E-state index is 4.85. The Morgan fingerprint density at radius 3 is 2.41 bits per heavy atom. The van der Waals surface area contributed by atoms with Crippen molar-refractivity contribution in [1.82, 2.24) is 15.5 Å². The lowest BCUT2D eigenvalue weighted by molar-refractivity contribution is 0.388. The number of rotatable bonds is 10. The molecule has 1 aliphatic rings. The lowest BCUT2D eigenvalue weighted by Gasteiger charge is -2.35. The van der Waals surface area contributed by atoms with Crippen molar-refractivity contribution in [3.05, 3.63) is 35.9 Å². The molecule has 150 valence electrons. The molecule has 0 bridgehead atoms. The summed E-state index contributed by atoms with van der Waals surface area (Å²) >= 11 is 0. The van der Waals surface area contributed by atoms with E-state index >= 15 is 0 Å². The number of guanidine groups is 2. The molecule has 0 aromatic heterocycles. The van der Waals surface area contributed by atoms with Crippen LogP contribution in [0.4, 0.5) is 0 Å². The number of benzene rings is 1. The van der Waals surface area contributed by atoms with Crippen LogP contribution in [0.5, 0.6) is 0 Å². The highest BCUT2D eigenvalue weighted by molar-refractivity contribution is 6.00. The maximum Gasteiger partial charge on any atom is 0.203 e. The highest BCUT2D eigenvalue weighted by atomic mass is 15.4. The minimum Gasteiger partial charge on any atom is -0.339 e. The average molecular weight is 372 g/mol. The fraction of sp³-hybridized carbons (Fsp3) is 0.636. The Labute approximate surface area is 165 Å². The molecule has 0 amide bonds. The normalized spacial score (nSPS) is 17.2. The third kappa shape index (κ3) is 7.61. The molecule has 0 fully saturated rings. The van der Waals surface area contributed by atoms with Gasteiger partial charge in [-0.2, -0.15) is 0 Å². The zero-order valence-corrected chi connectivity index (χ0v) is 17.6. The van der Waals surface area contributed by atoms with E-state index in [4.69, 9.17) is 9.98 Å². The molecule has 1 heterocycles. The molecule has 0 radical (unpaired) electrons. The number of nitrogens with one attached hydrogen (secondary N) is 2. The number of nitrogens with zero attached hydrogens (tertiary/aromatic N) is 3. The van der Waals surface area contributed by atoms with Gasteiger partial charge in [-0.25, -0.2) is 4.99 Å². The van der Waals surface area contributed by atoms with Gasteiger partial charge in [-0.15, -0.1) is 0 Å². The smallest absolute Gasteiger partial charge is 0.203 e. The van der Waals surface area contributed by atoms with Crippen LogP contribution in [-0.2, 0) is 6.54 Å². The molecule has 0 aliphatic carbocycles. The van der Waals surface area contributed by atoms with Gasteiger partial charge in [0.05, 0.1) is 0 Å². The van der Waals surface area contributed by atoms with Crippen molar-refractivity contribution in [3.63, 3.8) is 0 Å². The summed E-state index contributed by atoms with van der Waals surface area (Å²) in [5.41, 5.74) is 0.927. The molecule has 27 heavy (non-hydrogen) atoms. The summed E-state index contributed by atoms with van der Waals surface area (Å²) in [6, 6.07) is 10.5. The SMILES string of the molecule is CCCCCCCCN=C1NC(N(CC)Cc2ccccc2)=NC(C)(C)N1. The standard InChI is InChI=1S/C22H37N5/c1-5-7-8-9-10-14-17-23-20-24-21(26-22(3,4)25-20)27(6-2)18-19-15-12-11-13-16-19/h11-13,15-16H,5-10,14,17-18H2,1-4H3,(H2,23,24,25,26). The summed E-state index contributed by atoms with van der Waals surface area (Å²) in [7, 11) is 0. The molecular weight excluding hydrogens is 334 g/mol. The molecule has 2 N–H and O–H groups in total. The van der Waals surface area contributed by atoms with Crippen molar-refractivity contribution in [1.29, 1.82) is 0 Å². The number of unbranched alkanes of at least 4 members (excludes halogenated alkanes) is 5. The topological polar surface area (TPSA) is 52.0 Å². The van der Waals surface area contributed by atoms with E-state index < -0.39 is 0 Å². The third-order valence-corrected chi connectivity index (χ3v) is 4.72. The van der Waals surface area contributed by atoms with Gasteiger partial charge >= 0.3 is 0 Å². The van der Waals surface area contributed by atoms with Crippen LogP contribution in [-0.4, -0.2) is 35.6 Å². The molecule has 0 saturated carbocycles. The van der Waals surface area contributed by atoms with Gasteiger partial charge in [0.25, 0.3) is 0 Å². The van der Waals surface area contributed by atoms with E-state index in [9.17, 15) is 0 Å². The highest BCUT2D eigenvalue weighted by Gasteiger charge is 2.27. The fourth-order valence-electron chi connectivity index (χ4n) is 3.20. The van der Waals surface area contributed by atoms with E-state index in [0.29, 0.717) is 0 Å². The molecule has 0 saturated heterocycles. The third-order valence-electron chi connectivity index (χ3n) is 4.72. The van der Waals surface area contributed by atoms with Crippen LogP contribution in [0.2, 0.25) is 0 Å². The Balaban J connectivity index is 1.93. The zero-order chi connectivity index (χ0) is 19.5. The van der Waals surface area contributed by atoms with Crippen molar-refractivity contribution in [2.75, 3.05) is 13.1 Å². The van der Waals surface area contributed by atoms with Crippen LogP contribution in [0.15, 0.2) is 40.3 Å². The first-order chi connectivity index (χ1) is 13.0. The summed E-state index contributed by atoms with van der Waals surface area (Å²) in [5.74, 6) is 1.73. The summed E-state index contributed by atoms with van der Waals surface area (Å²) in [6.45, 7) is 11.2. The molecule has 0 unspecified atom stereocenters. The Morgan fingerprint density at radius 2 is 1.70 bits per heavy atom. The first-order valence-electron chi connectivity index (χ1n) is 10.5. The molecule has 1 aromatic rings. The van der Waals surface area contributed by atoms with Crippen LogP contribution in [0, 0.1) is 0 Å². The predicted molar refractivity (Wildman–Crippen MR) is 116 cm³/mol. The van der Waals surface area contributed by atoms with Crippen LogP contribution in [0.25, 0.3) is 0 Å². The molecule has 1 aromatic carbocycles. The number of aliphatic imine (C=N–C) groups is 2. The minimum atomic E-state index is -0.356. The second kappa shape index (κ2) is 11.0. The lowest BCUT2D eigenvalue weighted by Crippen LogP contribution is -2.59. The van der Waals surface area contributed by atoms with Gasteiger partial charge in [-0.05, 0) is 32.8 Å². The highest BCUT2D eigenvalue weighted by Crippen LogP contribution is 2.12. The summed E-state index contributed by atoms with van der Waals surface area (Å²) in [4.78, 5) is 11.9. The lowest BCUT2D eigenvalue weighted by atomic mass is 10.1. The summed E-state index contributed by atoms with van der Waals surface area (Å²) in [5, 5.41) is 6.81. The van der Waals surface area contributed by atoms with Gasteiger partial charge in [0.15, 0.2) is 5.96 Å². The van der Waals surface area contributed by atoms with Crippen molar-refractivity contribution in [2.45, 2.75) is 78.4 Å². The second-order valence-electron chi connectivity index (χ2n) is 7.74. The first kappa shape index (κ1) is 21.3. The monoisotopic (exact) mass is 371 g/mol. The molecule has 0 atom stereocenters. The van der Waals surface area contributed by atoms with Gasteiger partial charge < -0.3 is 10.2 Å². The van der Waals surface area contributed by atoms with E-state index in [1.807, 2.05) is 0 Å². The van der Waals surface area contributed by atoms with Gasteiger partial charge in [-0.1, -0.05) is 69.4 Å².